The average molecular weight is 209 g/mol. The standard InChI is InChI=1S/CF2O6P2/c2-1(3,8-10(4)5)9-11(6)7/p+1. The number of halogens is 2. The smallest absolute Gasteiger partial charge is 0.566 e. The summed E-state index contributed by atoms with van der Waals surface area (Å²) < 4.78 is 48.2. The third kappa shape index (κ3) is 6.30. The van der Waals surface area contributed by atoms with Crippen LogP contribution in [0.3, 0.4) is 0 Å². The second-order valence-electron chi connectivity index (χ2n) is 1.11. The van der Waals surface area contributed by atoms with Gasteiger partial charge in [0.05, 0.1) is 0 Å². The highest BCUT2D eigenvalue weighted by atomic mass is 31.1. The van der Waals surface area contributed by atoms with Crippen LogP contribution in [0.5, 0.6) is 0 Å². The summed E-state index contributed by atoms with van der Waals surface area (Å²) >= 11 is 0. The molecule has 0 bridgehead atoms. The molecule has 0 aromatic rings. The van der Waals surface area contributed by atoms with Crippen molar-refractivity contribution in [2.24, 2.45) is 0 Å². The summed E-state index contributed by atoms with van der Waals surface area (Å²) in [5.41, 5.74) is 0. The third-order valence-electron chi connectivity index (χ3n) is 0.365. The maximum Gasteiger partial charge on any atom is 0.703 e. The Kier molecular flexibility index (Phi) is 4.02. The van der Waals surface area contributed by atoms with Crippen molar-refractivity contribution < 1.29 is 36.7 Å². The van der Waals surface area contributed by atoms with Crippen LogP contribution in [0.4, 0.5) is 8.78 Å². The Balaban J connectivity index is 3.99. The Bertz CT molecular complexity index is 161. The van der Waals surface area contributed by atoms with Crippen LogP contribution in [0.1, 0.15) is 0 Å². The molecule has 0 heterocycles. The van der Waals surface area contributed by atoms with E-state index in [2.05, 4.69) is 9.05 Å². The third-order valence-corrected chi connectivity index (χ3v) is 1.10. The highest BCUT2D eigenvalue weighted by Gasteiger charge is 2.49. The van der Waals surface area contributed by atoms with E-state index in [1.807, 2.05) is 0 Å². The molecule has 1 N–H and O–H groups in total. The first-order valence-corrected chi connectivity index (χ1v) is 4.12. The van der Waals surface area contributed by atoms with Crippen molar-refractivity contribution in [3.05, 3.63) is 0 Å². The predicted molar refractivity (Wildman–Crippen MR) is 24.5 cm³/mol. The van der Waals surface area contributed by atoms with Crippen molar-refractivity contribution in [2.75, 3.05) is 0 Å². The summed E-state index contributed by atoms with van der Waals surface area (Å²) in [7, 11) is -7.45. The Labute approximate surface area is 60.6 Å². The van der Waals surface area contributed by atoms with Gasteiger partial charge >= 0.3 is 22.8 Å². The van der Waals surface area contributed by atoms with Crippen molar-refractivity contribution in [2.45, 2.75) is 6.29 Å². The number of alkyl halides is 2. The van der Waals surface area contributed by atoms with Crippen molar-refractivity contribution in [1.29, 1.82) is 0 Å². The molecule has 0 aromatic carbocycles. The second kappa shape index (κ2) is 4.06. The lowest BCUT2D eigenvalue weighted by molar-refractivity contribution is -0.328. The van der Waals surface area contributed by atoms with Crippen LogP contribution in [0, 0.1) is 0 Å². The van der Waals surface area contributed by atoms with Gasteiger partial charge in [0.15, 0.2) is 0 Å². The topological polar surface area (TPSA) is 95.9 Å². The maximum atomic E-state index is 11.8. The molecular formula is CHF2O6P2+. The van der Waals surface area contributed by atoms with Crippen LogP contribution in [0.25, 0.3) is 0 Å². The first kappa shape index (κ1) is 10.9. The van der Waals surface area contributed by atoms with Gasteiger partial charge in [-0.1, -0.05) is 0 Å². The van der Waals surface area contributed by atoms with Crippen LogP contribution < -0.4 is 4.89 Å². The quantitative estimate of drug-likeness (QED) is 0.526. The zero-order valence-corrected chi connectivity index (χ0v) is 6.43. The number of hydrogen-bond donors (Lipinski definition) is 1. The molecule has 0 radical (unpaired) electrons. The molecule has 10 heteroatoms. The minimum Gasteiger partial charge on any atom is -0.566 e. The summed E-state index contributed by atoms with van der Waals surface area (Å²) in [6, 6.07) is 0. The molecule has 0 aromatic heterocycles. The Morgan fingerprint density at radius 1 is 1.36 bits per heavy atom. The molecule has 0 aliphatic heterocycles. The largest absolute Gasteiger partial charge is 0.703 e. The molecule has 0 aliphatic carbocycles. The summed E-state index contributed by atoms with van der Waals surface area (Å²) in [5.74, 6) is 0. The first-order chi connectivity index (χ1) is 4.83. The molecule has 0 amide bonds. The molecule has 0 rings (SSSR count). The van der Waals surface area contributed by atoms with Crippen LogP contribution in [0.2, 0.25) is 0 Å². The van der Waals surface area contributed by atoms with Crippen molar-refractivity contribution in [1.82, 2.24) is 0 Å². The zero-order chi connectivity index (χ0) is 9.07. The summed E-state index contributed by atoms with van der Waals surface area (Å²) in [5, 5.41) is 0. The van der Waals surface area contributed by atoms with E-state index in [-0.39, 0.29) is 0 Å². The van der Waals surface area contributed by atoms with E-state index in [1.165, 1.54) is 0 Å². The molecule has 0 aliphatic rings. The average Bonchev–Trinajstić information content (AvgIpc) is 1.53. The van der Waals surface area contributed by atoms with Crippen LogP contribution >= 0.6 is 16.5 Å². The van der Waals surface area contributed by atoms with Crippen LogP contribution in [0.15, 0.2) is 0 Å². The molecule has 0 spiro atoms. The molecule has 0 saturated carbocycles. The van der Waals surface area contributed by atoms with Gasteiger partial charge < -0.3 is 4.89 Å². The second-order valence-corrected chi connectivity index (χ2v) is 2.40. The number of rotatable bonds is 4. The first-order valence-electron chi connectivity index (χ1n) is 1.90. The van der Waals surface area contributed by atoms with E-state index in [1.54, 1.807) is 0 Å². The predicted octanol–water partition coefficient (Wildman–Crippen LogP) is 0.237. The molecule has 64 valence electrons. The fourth-order valence-corrected chi connectivity index (χ4v) is 0.683. The number of hydrogen-bond acceptors (Lipinski definition) is 5. The molecule has 0 saturated heterocycles. The van der Waals surface area contributed by atoms with Gasteiger partial charge in [-0.05, 0) is 13.6 Å². The molecule has 2 unspecified atom stereocenters. The Morgan fingerprint density at radius 2 is 1.82 bits per heavy atom. The lowest BCUT2D eigenvalue weighted by Gasteiger charge is -1.98. The Hall–Kier alpha value is -0.100. The van der Waals surface area contributed by atoms with Gasteiger partial charge in [-0.25, -0.2) is 0 Å². The molecular weight excluding hydrogens is 208 g/mol. The van der Waals surface area contributed by atoms with Gasteiger partial charge in [-0.15, -0.1) is 13.7 Å². The van der Waals surface area contributed by atoms with Gasteiger partial charge in [-0.3, -0.25) is 0 Å². The lowest BCUT2D eigenvalue weighted by atomic mass is 11.3. The molecule has 2 atom stereocenters. The minimum absolute atomic E-state index is 2.80. The highest BCUT2D eigenvalue weighted by Crippen LogP contribution is 2.34. The summed E-state index contributed by atoms with van der Waals surface area (Å²) in [4.78, 5) is 17.2. The summed E-state index contributed by atoms with van der Waals surface area (Å²) in [6.07, 6.45) is -4.59. The molecule has 6 nitrogen and oxygen atoms in total. The van der Waals surface area contributed by atoms with E-state index >= 15 is 0 Å². The van der Waals surface area contributed by atoms with E-state index in [4.69, 9.17) is 4.89 Å². The van der Waals surface area contributed by atoms with E-state index in [0.717, 1.165) is 0 Å². The van der Waals surface area contributed by atoms with Crippen LogP contribution in [-0.2, 0) is 18.2 Å². The van der Waals surface area contributed by atoms with Gasteiger partial charge in [0.25, 0.3) is 0 Å². The van der Waals surface area contributed by atoms with Crippen LogP contribution in [-0.4, -0.2) is 11.2 Å². The van der Waals surface area contributed by atoms with Crippen molar-refractivity contribution in [3.8, 4) is 0 Å². The zero-order valence-electron chi connectivity index (χ0n) is 4.64. The molecule has 11 heavy (non-hydrogen) atoms. The van der Waals surface area contributed by atoms with Gasteiger partial charge in [0.2, 0.25) is 0 Å². The lowest BCUT2D eigenvalue weighted by Crippen LogP contribution is -2.19. The normalized spacial score (nSPS) is 14.5. The summed E-state index contributed by atoms with van der Waals surface area (Å²) in [6.45, 7) is 0. The van der Waals surface area contributed by atoms with E-state index in [9.17, 15) is 22.8 Å². The Morgan fingerprint density at radius 3 is 2.09 bits per heavy atom. The monoisotopic (exact) mass is 209 g/mol. The fraction of sp³-hybridized carbons (Fsp3) is 1.00. The van der Waals surface area contributed by atoms with Crippen molar-refractivity contribution >= 4 is 16.5 Å². The van der Waals surface area contributed by atoms with Gasteiger partial charge in [0, 0.05) is 4.57 Å². The van der Waals surface area contributed by atoms with E-state index in [0.29, 0.717) is 0 Å². The SMILES string of the molecule is O=[P+]([O-])OC(F)(F)O[P+](=O)O. The maximum absolute atomic E-state index is 11.8. The van der Waals surface area contributed by atoms with E-state index < -0.39 is 22.8 Å². The van der Waals surface area contributed by atoms with Crippen molar-refractivity contribution in [3.63, 3.8) is 0 Å². The highest BCUT2D eigenvalue weighted by molar-refractivity contribution is 7.32. The fourth-order valence-electron chi connectivity index (χ4n) is 0.194. The molecule has 0 fully saturated rings. The van der Waals surface area contributed by atoms with Gasteiger partial charge in [0.1, 0.15) is 0 Å². The van der Waals surface area contributed by atoms with Gasteiger partial charge in [-0.2, -0.15) is 0 Å². The minimum atomic E-state index is -4.59.